The van der Waals surface area contributed by atoms with Gasteiger partial charge in [-0.25, -0.2) is 14.6 Å². The minimum atomic E-state index is -1.58. The largest absolute Gasteiger partial charge is 0.479 e. The van der Waals surface area contributed by atoms with Crippen LogP contribution in [0.1, 0.15) is 0 Å². The molecular weight excluding hydrogens is 276 g/mol. The quantitative estimate of drug-likeness (QED) is 0.682. The van der Waals surface area contributed by atoms with Crippen LogP contribution in [-0.4, -0.2) is 70.9 Å². The Kier molecular flexibility index (Phi) is 4.94. The predicted molar refractivity (Wildman–Crippen MR) is 75.1 cm³/mol. The molecule has 0 aliphatic carbocycles. The number of piperazine rings is 1. The van der Waals surface area contributed by atoms with Gasteiger partial charge in [0.1, 0.15) is 5.82 Å². The lowest BCUT2D eigenvalue weighted by molar-refractivity contribution is -0.146. The van der Waals surface area contributed by atoms with Crippen LogP contribution in [0.5, 0.6) is 0 Å². The fourth-order valence-corrected chi connectivity index (χ4v) is 2.06. The van der Waals surface area contributed by atoms with Gasteiger partial charge in [-0.2, -0.15) is 0 Å². The monoisotopic (exact) mass is 294 g/mol. The number of anilines is 1. The van der Waals surface area contributed by atoms with Crippen molar-refractivity contribution in [3.8, 4) is 0 Å². The van der Waals surface area contributed by atoms with Crippen LogP contribution in [0.3, 0.4) is 0 Å². The van der Waals surface area contributed by atoms with E-state index in [1.807, 2.05) is 18.2 Å². The summed E-state index contributed by atoms with van der Waals surface area (Å²) in [6.07, 6.45) is 0.144. The molecule has 2 amide bonds. The number of hydrogen-bond donors (Lipinski definition) is 3. The highest BCUT2D eigenvalue weighted by molar-refractivity contribution is 5.77. The first kappa shape index (κ1) is 15.0. The van der Waals surface area contributed by atoms with Crippen molar-refractivity contribution in [3.63, 3.8) is 0 Å². The van der Waals surface area contributed by atoms with Crippen LogP contribution in [0, 0.1) is 0 Å². The average Bonchev–Trinajstić information content (AvgIpc) is 2.53. The van der Waals surface area contributed by atoms with Gasteiger partial charge in [-0.3, -0.25) is 0 Å². The molecule has 0 bridgehead atoms. The number of carbonyl (C=O) groups is 2. The van der Waals surface area contributed by atoms with E-state index in [0.717, 1.165) is 5.82 Å². The van der Waals surface area contributed by atoms with E-state index in [9.17, 15) is 9.59 Å². The van der Waals surface area contributed by atoms with Crippen molar-refractivity contribution in [2.75, 3.05) is 37.6 Å². The van der Waals surface area contributed by atoms with Crippen LogP contribution in [0.2, 0.25) is 0 Å². The first-order valence-electron chi connectivity index (χ1n) is 6.67. The molecule has 114 valence electrons. The molecule has 2 heterocycles. The topological polar surface area (TPSA) is 106 Å². The molecule has 1 aromatic heterocycles. The van der Waals surface area contributed by atoms with Gasteiger partial charge in [0.05, 0.1) is 6.54 Å². The maximum Gasteiger partial charge on any atom is 0.334 e. The number of urea groups is 1. The number of aliphatic hydroxyl groups excluding tert-OH is 1. The molecule has 1 aliphatic heterocycles. The van der Waals surface area contributed by atoms with E-state index < -0.39 is 12.1 Å². The second-order valence-corrected chi connectivity index (χ2v) is 4.70. The average molecular weight is 294 g/mol. The molecule has 8 heteroatoms. The van der Waals surface area contributed by atoms with Gasteiger partial charge >= 0.3 is 12.0 Å². The molecule has 1 fully saturated rings. The molecule has 1 atom stereocenters. The number of pyridine rings is 1. The van der Waals surface area contributed by atoms with Crippen LogP contribution in [0.15, 0.2) is 24.4 Å². The van der Waals surface area contributed by atoms with Gasteiger partial charge in [0.2, 0.25) is 0 Å². The fourth-order valence-electron chi connectivity index (χ4n) is 2.06. The zero-order valence-electron chi connectivity index (χ0n) is 11.5. The molecule has 0 saturated carbocycles. The van der Waals surface area contributed by atoms with Crippen LogP contribution >= 0.6 is 0 Å². The van der Waals surface area contributed by atoms with E-state index in [4.69, 9.17) is 10.2 Å². The third kappa shape index (κ3) is 4.06. The molecule has 0 radical (unpaired) electrons. The van der Waals surface area contributed by atoms with Crippen molar-refractivity contribution in [1.29, 1.82) is 0 Å². The van der Waals surface area contributed by atoms with E-state index >= 15 is 0 Å². The van der Waals surface area contributed by atoms with Crippen molar-refractivity contribution >= 4 is 17.8 Å². The van der Waals surface area contributed by atoms with E-state index in [-0.39, 0.29) is 12.6 Å². The lowest BCUT2D eigenvalue weighted by atomic mass is 10.3. The lowest BCUT2D eigenvalue weighted by Gasteiger charge is -2.35. The summed E-state index contributed by atoms with van der Waals surface area (Å²) >= 11 is 0. The Balaban J connectivity index is 1.78. The maximum absolute atomic E-state index is 11.8. The molecule has 1 aliphatic rings. The van der Waals surface area contributed by atoms with E-state index in [0.29, 0.717) is 26.2 Å². The summed E-state index contributed by atoms with van der Waals surface area (Å²) in [7, 11) is 0. The Morgan fingerprint density at radius 1 is 1.29 bits per heavy atom. The molecule has 0 spiro atoms. The number of aliphatic carboxylic acids is 1. The summed E-state index contributed by atoms with van der Waals surface area (Å²) in [6, 6.07) is 5.31. The molecule has 3 N–H and O–H groups in total. The molecular formula is C13H18N4O4. The SMILES string of the molecule is O=C(O)[C@@H](O)CNC(=O)N1CCN(c2ccccn2)CC1. The van der Waals surface area contributed by atoms with Crippen LogP contribution in [0.25, 0.3) is 0 Å². The molecule has 0 aromatic carbocycles. The molecule has 2 rings (SSSR count). The molecule has 21 heavy (non-hydrogen) atoms. The van der Waals surface area contributed by atoms with Crippen molar-refractivity contribution in [3.05, 3.63) is 24.4 Å². The number of aromatic nitrogens is 1. The summed E-state index contributed by atoms with van der Waals surface area (Å²) in [5, 5.41) is 20.1. The van der Waals surface area contributed by atoms with Crippen LogP contribution in [-0.2, 0) is 4.79 Å². The van der Waals surface area contributed by atoms with Crippen LogP contribution in [0.4, 0.5) is 10.6 Å². The number of rotatable bonds is 4. The first-order chi connectivity index (χ1) is 10.1. The fraction of sp³-hybridized carbons (Fsp3) is 0.462. The highest BCUT2D eigenvalue weighted by Gasteiger charge is 2.22. The normalized spacial score (nSPS) is 16.4. The number of aliphatic hydroxyl groups is 1. The van der Waals surface area contributed by atoms with E-state index in [1.54, 1.807) is 11.1 Å². The number of carbonyl (C=O) groups excluding carboxylic acids is 1. The summed E-state index contributed by atoms with van der Waals surface area (Å²) in [6.45, 7) is 2.06. The Labute approximate surface area is 122 Å². The van der Waals surface area contributed by atoms with Crippen molar-refractivity contribution in [2.45, 2.75) is 6.10 Å². The minimum Gasteiger partial charge on any atom is -0.479 e. The third-order valence-corrected chi connectivity index (χ3v) is 3.27. The number of carboxylic acid groups (broad SMARTS) is 1. The van der Waals surface area contributed by atoms with Gasteiger partial charge in [0, 0.05) is 32.4 Å². The summed E-state index contributed by atoms with van der Waals surface area (Å²) in [5.74, 6) is -0.478. The summed E-state index contributed by atoms with van der Waals surface area (Å²) in [5.41, 5.74) is 0. The second kappa shape index (κ2) is 6.89. The van der Waals surface area contributed by atoms with Crippen LogP contribution < -0.4 is 10.2 Å². The van der Waals surface area contributed by atoms with Gasteiger partial charge < -0.3 is 25.3 Å². The summed E-state index contributed by atoms with van der Waals surface area (Å²) in [4.78, 5) is 30.2. The maximum atomic E-state index is 11.8. The second-order valence-electron chi connectivity index (χ2n) is 4.70. The van der Waals surface area contributed by atoms with Crippen molar-refractivity contribution in [1.82, 2.24) is 15.2 Å². The standard InChI is InChI=1S/C13H18N4O4/c18-10(12(19)20)9-15-13(21)17-7-5-16(6-8-17)11-3-1-2-4-14-11/h1-4,10,18H,5-9H2,(H,15,21)(H,19,20)/t10-/m0/s1. The molecule has 0 unspecified atom stereocenters. The number of hydrogen-bond acceptors (Lipinski definition) is 5. The zero-order valence-corrected chi connectivity index (χ0v) is 11.5. The van der Waals surface area contributed by atoms with Gasteiger partial charge in [0.25, 0.3) is 0 Å². The Bertz CT molecular complexity index is 488. The van der Waals surface area contributed by atoms with Gasteiger partial charge in [-0.05, 0) is 12.1 Å². The Morgan fingerprint density at radius 2 is 2.00 bits per heavy atom. The molecule has 1 saturated heterocycles. The molecule has 8 nitrogen and oxygen atoms in total. The Morgan fingerprint density at radius 3 is 2.57 bits per heavy atom. The predicted octanol–water partition coefficient (Wildman–Crippen LogP) is -0.641. The smallest absolute Gasteiger partial charge is 0.334 e. The van der Waals surface area contributed by atoms with Crippen molar-refractivity contribution in [2.24, 2.45) is 0 Å². The first-order valence-corrected chi connectivity index (χ1v) is 6.67. The van der Waals surface area contributed by atoms with Crippen molar-refractivity contribution < 1.29 is 19.8 Å². The van der Waals surface area contributed by atoms with E-state index in [1.165, 1.54) is 0 Å². The number of amides is 2. The number of carboxylic acids is 1. The third-order valence-electron chi connectivity index (χ3n) is 3.27. The van der Waals surface area contributed by atoms with Gasteiger partial charge in [0.15, 0.2) is 6.10 Å². The zero-order chi connectivity index (χ0) is 15.2. The van der Waals surface area contributed by atoms with E-state index in [2.05, 4.69) is 15.2 Å². The number of nitrogens with zero attached hydrogens (tertiary/aromatic N) is 3. The Hall–Kier alpha value is -2.35. The van der Waals surface area contributed by atoms with Gasteiger partial charge in [-0.15, -0.1) is 0 Å². The number of nitrogens with one attached hydrogen (secondary N) is 1. The lowest BCUT2D eigenvalue weighted by Crippen LogP contribution is -2.53. The molecule has 1 aromatic rings. The summed E-state index contributed by atoms with van der Waals surface area (Å²) < 4.78 is 0. The highest BCUT2D eigenvalue weighted by atomic mass is 16.4. The van der Waals surface area contributed by atoms with Gasteiger partial charge in [-0.1, -0.05) is 6.07 Å². The highest BCUT2D eigenvalue weighted by Crippen LogP contribution is 2.12. The minimum absolute atomic E-state index is 0.297.